The highest BCUT2D eigenvalue weighted by atomic mass is 16.5. The lowest BCUT2D eigenvalue weighted by Crippen LogP contribution is -2.12. The molecule has 2 rings (SSSR count). The van der Waals surface area contributed by atoms with Gasteiger partial charge in [-0.05, 0) is 26.2 Å². The van der Waals surface area contributed by atoms with Crippen LogP contribution in [0.1, 0.15) is 37.0 Å². The first-order chi connectivity index (χ1) is 5.86. The maximum Gasteiger partial charge on any atom is 0.179 e. The standard InChI is InChI=1S/C8H13N3O/c1-6-9-8(11-10-6)7-4-2-3-5-12-7/h7H,2-5H2,1H3,(H,9,10,11). The van der Waals surface area contributed by atoms with Crippen LogP contribution in [0.5, 0.6) is 0 Å². The van der Waals surface area contributed by atoms with Gasteiger partial charge in [0.1, 0.15) is 11.9 Å². The molecule has 1 atom stereocenters. The molecule has 0 saturated carbocycles. The van der Waals surface area contributed by atoms with E-state index < -0.39 is 0 Å². The molecule has 1 aromatic heterocycles. The third-order valence-corrected chi connectivity index (χ3v) is 2.08. The number of hydrogen-bond acceptors (Lipinski definition) is 3. The molecule has 0 aromatic carbocycles. The van der Waals surface area contributed by atoms with Gasteiger partial charge in [-0.1, -0.05) is 0 Å². The highest BCUT2D eigenvalue weighted by Gasteiger charge is 2.19. The van der Waals surface area contributed by atoms with Crippen molar-refractivity contribution >= 4 is 0 Å². The minimum absolute atomic E-state index is 0.128. The first-order valence-corrected chi connectivity index (χ1v) is 4.37. The van der Waals surface area contributed by atoms with Gasteiger partial charge in [-0.2, -0.15) is 5.10 Å². The highest BCUT2D eigenvalue weighted by Crippen LogP contribution is 2.24. The molecular formula is C8H13N3O. The Hall–Kier alpha value is -0.900. The third-order valence-electron chi connectivity index (χ3n) is 2.08. The van der Waals surface area contributed by atoms with E-state index in [-0.39, 0.29) is 6.10 Å². The largest absolute Gasteiger partial charge is 0.370 e. The Bertz CT molecular complexity index is 253. The van der Waals surface area contributed by atoms with E-state index in [0.29, 0.717) is 0 Å². The first kappa shape index (κ1) is 7.73. The van der Waals surface area contributed by atoms with Crippen molar-refractivity contribution in [2.24, 2.45) is 0 Å². The van der Waals surface area contributed by atoms with Crippen molar-refractivity contribution in [3.8, 4) is 0 Å². The molecule has 0 amide bonds. The molecule has 1 saturated heterocycles. The predicted molar refractivity (Wildman–Crippen MR) is 43.7 cm³/mol. The predicted octanol–water partition coefficient (Wildman–Crippen LogP) is 1.35. The summed E-state index contributed by atoms with van der Waals surface area (Å²) in [6.45, 7) is 2.75. The Morgan fingerprint density at radius 1 is 1.50 bits per heavy atom. The Morgan fingerprint density at radius 2 is 2.42 bits per heavy atom. The van der Waals surface area contributed by atoms with E-state index in [0.717, 1.165) is 24.7 Å². The second-order valence-electron chi connectivity index (χ2n) is 3.13. The number of nitrogens with zero attached hydrogens (tertiary/aromatic N) is 2. The summed E-state index contributed by atoms with van der Waals surface area (Å²) >= 11 is 0. The fourth-order valence-corrected chi connectivity index (χ4v) is 1.45. The van der Waals surface area contributed by atoms with Crippen LogP contribution in [0.25, 0.3) is 0 Å². The molecule has 0 bridgehead atoms. The van der Waals surface area contributed by atoms with Gasteiger partial charge in [0.15, 0.2) is 5.82 Å². The number of aromatic amines is 1. The zero-order valence-corrected chi connectivity index (χ0v) is 7.21. The molecule has 1 aliphatic rings. The lowest BCUT2D eigenvalue weighted by atomic mass is 10.1. The molecule has 1 unspecified atom stereocenters. The van der Waals surface area contributed by atoms with Gasteiger partial charge in [0.25, 0.3) is 0 Å². The zero-order chi connectivity index (χ0) is 8.39. The Balaban J connectivity index is 2.08. The molecule has 1 aliphatic heterocycles. The van der Waals surface area contributed by atoms with Crippen molar-refractivity contribution in [2.45, 2.75) is 32.3 Å². The lowest BCUT2D eigenvalue weighted by molar-refractivity contribution is 0.00964. The summed E-state index contributed by atoms with van der Waals surface area (Å²) in [7, 11) is 0. The molecule has 0 spiro atoms. The smallest absolute Gasteiger partial charge is 0.179 e. The van der Waals surface area contributed by atoms with Gasteiger partial charge < -0.3 is 4.74 Å². The van der Waals surface area contributed by atoms with Crippen molar-refractivity contribution < 1.29 is 4.74 Å². The van der Waals surface area contributed by atoms with Crippen molar-refractivity contribution in [3.63, 3.8) is 0 Å². The van der Waals surface area contributed by atoms with Crippen molar-refractivity contribution in [1.29, 1.82) is 0 Å². The lowest BCUT2D eigenvalue weighted by Gasteiger charge is -2.19. The average Bonchev–Trinajstić information content (AvgIpc) is 2.54. The van der Waals surface area contributed by atoms with Crippen LogP contribution < -0.4 is 0 Å². The summed E-state index contributed by atoms with van der Waals surface area (Å²) < 4.78 is 5.53. The van der Waals surface area contributed by atoms with Gasteiger partial charge in [-0.25, -0.2) is 4.98 Å². The summed E-state index contributed by atoms with van der Waals surface area (Å²) in [4.78, 5) is 4.24. The molecular weight excluding hydrogens is 154 g/mol. The summed E-state index contributed by atoms with van der Waals surface area (Å²) in [6.07, 6.45) is 3.57. The van der Waals surface area contributed by atoms with E-state index in [2.05, 4.69) is 15.2 Å². The maximum atomic E-state index is 5.53. The molecule has 12 heavy (non-hydrogen) atoms. The molecule has 1 aromatic rings. The normalized spacial score (nSPS) is 24.2. The number of nitrogens with one attached hydrogen (secondary N) is 1. The fraction of sp³-hybridized carbons (Fsp3) is 0.750. The molecule has 2 heterocycles. The van der Waals surface area contributed by atoms with Crippen molar-refractivity contribution in [2.75, 3.05) is 6.61 Å². The van der Waals surface area contributed by atoms with E-state index >= 15 is 0 Å². The van der Waals surface area contributed by atoms with Crippen molar-refractivity contribution in [3.05, 3.63) is 11.6 Å². The number of H-pyrrole nitrogens is 1. The minimum atomic E-state index is 0.128. The minimum Gasteiger partial charge on any atom is -0.370 e. The van der Waals surface area contributed by atoms with E-state index in [1.807, 2.05) is 6.92 Å². The zero-order valence-electron chi connectivity index (χ0n) is 7.21. The van der Waals surface area contributed by atoms with Gasteiger partial charge in [-0.3, -0.25) is 5.10 Å². The third kappa shape index (κ3) is 1.48. The topological polar surface area (TPSA) is 50.8 Å². The number of aryl methyl sites for hydroxylation is 1. The van der Waals surface area contributed by atoms with Gasteiger partial charge >= 0.3 is 0 Å². The van der Waals surface area contributed by atoms with E-state index in [1.165, 1.54) is 12.8 Å². The highest BCUT2D eigenvalue weighted by molar-refractivity contribution is 4.93. The Labute approximate surface area is 71.3 Å². The molecule has 66 valence electrons. The molecule has 0 radical (unpaired) electrons. The van der Waals surface area contributed by atoms with E-state index in [9.17, 15) is 0 Å². The molecule has 4 nitrogen and oxygen atoms in total. The summed E-state index contributed by atoms with van der Waals surface area (Å²) in [5.74, 6) is 1.67. The van der Waals surface area contributed by atoms with E-state index in [4.69, 9.17) is 4.74 Å². The molecule has 0 aliphatic carbocycles. The van der Waals surface area contributed by atoms with Crippen LogP contribution in [-0.4, -0.2) is 21.8 Å². The second-order valence-corrected chi connectivity index (χ2v) is 3.13. The van der Waals surface area contributed by atoms with Gasteiger partial charge in [0.05, 0.1) is 0 Å². The number of aromatic nitrogens is 3. The van der Waals surface area contributed by atoms with E-state index in [1.54, 1.807) is 0 Å². The Morgan fingerprint density at radius 3 is 3.00 bits per heavy atom. The molecule has 4 heteroatoms. The fourth-order valence-electron chi connectivity index (χ4n) is 1.45. The van der Waals surface area contributed by atoms with Gasteiger partial charge in [0, 0.05) is 6.61 Å². The van der Waals surface area contributed by atoms with Crippen LogP contribution in [0.3, 0.4) is 0 Å². The van der Waals surface area contributed by atoms with Crippen LogP contribution in [0.4, 0.5) is 0 Å². The van der Waals surface area contributed by atoms with Crippen LogP contribution in [0.15, 0.2) is 0 Å². The SMILES string of the molecule is Cc1nc(C2CCCCO2)n[nH]1. The van der Waals surface area contributed by atoms with Crippen LogP contribution in [0, 0.1) is 6.92 Å². The van der Waals surface area contributed by atoms with Gasteiger partial charge in [-0.15, -0.1) is 0 Å². The van der Waals surface area contributed by atoms with Crippen molar-refractivity contribution in [1.82, 2.24) is 15.2 Å². The van der Waals surface area contributed by atoms with Crippen LogP contribution in [0.2, 0.25) is 0 Å². The Kier molecular flexibility index (Phi) is 2.08. The van der Waals surface area contributed by atoms with Crippen LogP contribution in [-0.2, 0) is 4.74 Å². The monoisotopic (exact) mass is 167 g/mol. The van der Waals surface area contributed by atoms with Gasteiger partial charge in [0.2, 0.25) is 0 Å². The second kappa shape index (κ2) is 3.23. The summed E-state index contributed by atoms with van der Waals surface area (Å²) in [5, 5.41) is 6.90. The number of hydrogen-bond donors (Lipinski definition) is 1. The average molecular weight is 167 g/mol. The first-order valence-electron chi connectivity index (χ1n) is 4.37. The van der Waals surface area contributed by atoms with Crippen LogP contribution >= 0.6 is 0 Å². The maximum absolute atomic E-state index is 5.53. The quantitative estimate of drug-likeness (QED) is 0.687. The number of rotatable bonds is 1. The molecule has 1 N–H and O–H groups in total. The summed E-state index contributed by atoms with van der Waals surface area (Å²) in [6, 6.07) is 0. The number of ether oxygens (including phenoxy) is 1. The molecule has 1 fully saturated rings. The summed E-state index contributed by atoms with van der Waals surface area (Å²) in [5.41, 5.74) is 0.